The molecule has 8 heteroatoms. The molecule has 0 amide bonds. The summed E-state index contributed by atoms with van der Waals surface area (Å²) in [5.41, 5.74) is 1.53. The third-order valence-corrected chi connectivity index (χ3v) is 6.81. The fourth-order valence-electron chi connectivity index (χ4n) is 4.32. The summed E-state index contributed by atoms with van der Waals surface area (Å²) in [7, 11) is 0. The number of aliphatic hydroxyl groups is 1. The van der Waals surface area contributed by atoms with Crippen molar-refractivity contribution < 1.29 is 24.5 Å². The second kappa shape index (κ2) is 8.11. The molecule has 29 heavy (non-hydrogen) atoms. The Morgan fingerprint density at radius 1 is 1.45 bits per heavy atom. The van der Waals surface area contributed by atoms with E-state index in [1.807, 2.05) is 13.0 Å². The Labute approximate surface area is 172 Å². The van der Waals surface area contributed by atoms with Gasteiger partial charge < -0.3 is 19.7 Å². The van der Waals surface area contributed by atoms with Crippen LogP contribution in [0.25, 0.3) is 0 Å². The highest BCUT2D eigenvalue weighted by atomic mass is 32.1. The van der Waals surface area contributed by atoms with Crippen LogP contribution in [-0.2, 0) is 4.74 Å². The monoisotopic (exact) mass is 414 g/mol. The van der Waals surface area contributed by atoms with E-state index in [1.165, 1.54) is 16.7 Å². The molecule has 2 aliphatic rings. The molecule has 2 N–H and O–H groups in total. The summed E-state index contributed by atoms with van der Waals surface area (Å²) in [5, 5.41) is 30.9. The molecule has 0 bridgehead atoms. The Morgan fingerprint density at radius 3 is 2.97 bits per heavy atom. The number of hydrogen-bond acceptors (Lipinski definition) is 7. The summed E-state index contributed by atoms with van der Waals surface area (Å²) in [4.78, 5) is 15.2. The lowest BCUT2D eigenvalue weighted by Crippen LogP contribution is -2.33. The minimum absolute atomic E-state index is 0.0252. The van der Waals surface area contributed by atoms with Crippen molar-refractivity contribution in [2.45, 2.75) is 44.5 Å². The normalized spacial score (nSPS) is 28.5. The van der Waals surface area contributed by atoms with Gasteiger partial charge in [0.1, 0.15) is 16.9 Å². The van der Waals surface area contributed by atoms with E-state index >= 15 is 0 Å². The maximum Gasteiger partial charge on any atom is 0.355 e. The molecule has 1 aliphatic heterocycles. The number of aromatic nitrogens is 1. The Kier molecular flexibility index (Phi) is 5.54. The van der Waals surface area contributed by atoms with E-state index in [0.717, 1.165) is 18.4 Å². The topological polar surface area (TPSA) is 113 Å². The number of aromatic carboxylic acids is 1. The number of carbonyl (C=O) groups is 1. The van der Waals surface area contributed by atoms with Crippen molar-refractivity contribution in [3.05, 3.63) is 45.4 Å². The number of fused-ring (bicyclic) bond motifs is 1. The lowest BCUT2D eigenvalue weighted by molar-refractivity contribution is -0.0811. The number of aryl methyl sites for hydroxylation is 1. The largest absolute Gasteiger partial charge is 0.493 e. The Hall–Kier alpha value is -2.47. The predicted molar refractivity (Wildman–Crippen MR) is 105 cm³/mol. The van der Waals surface area contributed by atoms with Crippen molar-refractivity contribution in [1.29, 1.82) is 5.26 Å². The van der Waals surface area contributed by atoms with Crippen molar-refractivity contribution in [1.82, 2.24) is 4.98 Å². The quantitative estimate of drug-likeness (QED) is 0.772. The molecule has 1 saturated carbocycles. The van der Waals surface area contributed by atoms with Crippen LogP contribution in [0.15, 0.2) is 23.6 Å². The molecule has 1 aromatic heterocycles. The first kappa shape index (κ1) is 19.8. The number of carboxylic acid groups (broad SMARTS) is 1. The minimum atomic E-state index is -1.03. The van der Waals surface area contributed by atoms with Crippen LogP contribution in [0, 0.1) is 30.1 Å². The van der Waals surface area contributed by atoms with Crippen LogP contribution >= 0.6 is 11.3 Å². The van der Waals surface area contributed by atoms with Gasteiger partial charge in [-0.3, -0.25) is 0 Å². The van der Waals surface area contributed by atoms with Crippen LogP contribution in [0.3, 0.4) is 0 Å². The van der Waals surface area contributed by atoms with Gasteiger partial charge in [0, 0.05) is 17.7 Å². The van der Waals surface area contributed by atoms with Crippen LogP contribution < -0.4 is 4.74 Å². The van der Waals surface area contributed by atoms with E-state index in [0.29, 0.717) is 29.3 Å². The van der Waals surface area contributed by atoms with E-state index in [9.17, 15) is 9.90 Å². The summed E-state index contributed by atoms with van der Waals surface area (Å²) in [6.07, 6.45) is 1.34. The van der Waals surface area contributed by atoms with Gasteiger partial charge in [-0.15, -0.1) is 11.3 Å². The van der Waals surface area contributed by atoms with E-state index in [4.69, 9.17) is 19.8 Å². The second-order valence-corrected chi connectivity index (χ2v) is 8.54. The van der Waals surface area contributed by atoms with Crippen molar-refractivity contribution in [2.24, 2.45) is 11.8 Å². The molecule has 152 valence electrons. The highest BCUT2D eigenvalue weighted by molar-refractivity contribution is 7.09. The Bertz CT molecular complexity index is 953. The van der Waals surface area contributed by atoms with Crippen molar-refractivity contribution in [3.8, 4) is 11.8 Å². The van der Waals surface area contributed by atoms with Gasteiger partial charge in [-0.2, -0.15) is 5.26 Å². The molecule has 5 atom stereocenters. The third-order valence-electron chi connectivity index (χ3n) is 5.87. The zero-order chi connectivity index (χ0) is 20.5. The van der Waals surface area contributed by atoms with Gasteiger partial charge in [0.15, 0.2) is 5.69 Å². The van der Waals surface area contributed by atoms with Crippen LogP contribution in [0.1, 0.15) is 52.0 Å². The van der Waals surface area contributed by atoms with Gasteiger partial charge in [-0.25, -0.2) is 9.78 Å². The molecule has 0 spiro atoms. The molecule has 0 unspecified atom stereocenters. The number of ether oxygens (including phenoxy) is 2. The molecule has 0 radical (unpaired) electrons. The average Bonchev–Trinajstić information content (AvgIpc) is 3.30. The fraction of sp³-hybridized carbons (Fsp3) is 0.476. The predicted octanol–water partition coefficient (Wildman–Crippen LogP) is 3.32. The molecule has 7 nitrogen and oxygen atoms in total. The van der Waals surface area contributed by atoms with Gasteiger partial charge in [-0.05, 0) is 49.4 Å². The molecule has 2 heterocycles. The van der Waals surface area contributed by atoms with E-state index < -0.39 is 12.1 Å². The zero-order valence-corrected chi connectivity index (χ0v) is 16.8. The Balaban J connectivity index is 1.39. The summed E-state index contributed by atoms with van der Waals surface area (Å²) in [6.45, 7) is 2.26. The summed E-state index contributed by atoms with van der Waals surface area (Å²) < 4.78 is 12.1. The molecule has 1 saturated heterocycles. The smallest absolute Gasteiger partial charge is 0.355 e. The second-order valence-electron chi connectivity index (χ2n) is 7.65. The molecular weight excluding hydrogens is 392 g/mol. The number of benzene rings is 1. The van der Waals surface area contributed by atoms with Crippen LogP contribution in [0.5, 0.6) is 5.75 Å². The van der Waals surface area contributed by atoms with E-state index in [1.54, 1.807) is 12.1 Å². The SMILES string of the molecule is Cc1cc(OC[C@@H]2[C@H]3CC[C@H](c4nc(C(=O)O)cs4)O[C@H]3C[C@H]2O)ccc1C#N. The molecule has 1 aromatic carbocycles. The van der Waals surface area contributed by atoms with Gasteiger partial charge in [-0.1, -0.05) is 0 Å². The number of hydrogen-bond donors (Lipinski definition) is 2. The number of rotatable bonds is 5. The molecular formula is C21H22N2O5S. The highest BCUT2D eigenvalue weighted by Gasteiger charge is 2.47. The first-order chi connectivity index (χ1) is 14.0. The summed E-state index contributed by atoms with van der Waals surface area (Å²) in [5.74, 6) is -0.175. The lowest BCUT2D eigenvalue weighted by Gasteiger charge is -2.33. The maximum absolute atomic E-state index is 11.1. The summed E-state index contributed by atoms with van der Waals surface area (Å²) in [6, 6.07) is 7.50. The van der Waals surface area contributed by atoms with Crippen molar-refractivity contribution >= 4 is 17.3 Å². The van der Waals surface area contributed by atoms with Crippen LogP contribution in [-0.4, -0.2) is 40.0 Å². The fourth-order valence-corrected chi connectivity index (χ4v) is 5.18. The van der Waals surface area contributed by atoms with Gasteiger partial charge in [0.2, 0.25) is 0 Å². The highest BCUT2D eigenvalue weighted by Crippen LogP contribution is 2.46. The number of nitriles is 1. The maximum atomic E-state index is 11.1. The van der Waals surface area contributed by atoms with Crippen LogP contribution in [0.2, 0.25) is 0 Å². The van der Waals surface area contributed by atoms with Crippen molar-refractivity contribution in [3.63, 3.8) is 0 Å². The number of thiazole rings is 1. The molecule has 2 aromatic rings. The number of carboxylic acids is 1. The third kappa shape index (κ3) is 3.99. The first-order valence-corrected chi connectivity index (χ1v) is 10.5. The van der Waals surface area contributed by atoms with Crippen LogP contribution in [0.4, 0.5) is 0 Å². The molecule has 1 aliphatic carbocycles. The summed E-state index contributed by atoms with van der Waals surface area (Å²) >= 11 is 1.30. The number of nitrogens with zero attached hydrogens (tertiary/aromatic N) is 2. The zero-order valence-electron chi connectivity index (χ0n) is 15.9. The number of aliphatic hydroxyl groups excluding tert-OH is 1. The standard InChI is InChI=1S/C21H22N2O5S/c1-11-6-13(3-2-12(11)8-22)27-9-15-14-4-5-18(28-19(14)7-17(15)24)20-23-16(10-29-20)21(25)26/h2-3,6,10,14-15,17-19,24H,4-5,7,9H2,1H3,(H,25,26)/t14-,15-,17-,18-,19+/m1/s1. The van der Waals surface area contributed by atoms with Gasteiger partial charge >= 0.3 is 5.97 Å². The van der Waals surface area contributed by atoms with Crippen molar-refractivity contribution in [2.75, 3.05) is 6.61 Å². The van der Waals surface area contributed by atoms with E-state index in [2.05, 4.69) is 11.1 Å². The van der Waals surface area contributed by atoms with Gasteiger partial charge in [0.05, 0.1) is 30.4 Å². The Morgan fingerprint density at radius 2 is 2.28 bits per heavy atom. The first-order valence-electron chi connectivity index (χ1n) is 9.62. The average molecular weight is 414 g/mol. The molecule has 4 rings (SSSR count). The molecule has 2 fully saturated rings. The lowest BCUT2D eigenvalue weighted by atomic mass is 9.87. The minimum Gasteiger partial charge on any atom is -0.493 e. The van der Waals surface area contributed by atoms with Gasteiger partial charge in [0.25, 0.3) is 0 Å². The van der Waals surface area contributed by atoms with E-state index in [-0.39, 0.29) is 29.7 Å².